The van der Waals surface area contributed by atoms with Gasteiger partial charge >= 0.3 is 12.1 Å². The standard InChI is InChI=1S/C24H30N2O4.H2/c1-2-30-23(29)26-16-7-8-17(26)14-18(13-16)25-11-9-24(10-12-25)15-20(22(27)28)19-5-3-4-6-21(19)24;/h3-6,15-18H,2,7-14H2,1H3,(H,27,28);1H. The minimum absolute atomic E-state index is 0. The predicted octanol–water partition coefficient (Wildman–Crippen LogP) is 3.90. The van der Waals surface area contributed by atoms with Crippen LogP contribution in [-0.2, 0) is 14.9 Å². The highest BCUT2D eigenvalue weighted by Crippen LogP contribution is 2.48. The first kappa shape index (κ1) is 19.6. The first-order chi connectivity index (χ1) is 14.5. The molecule has 1 aromatic carbocycles. The monoisotopic (exact) mass is 412 g/mol. The summed E-state index contributed by atoms with van der Waals surface area (Å²) in [5, 5.41) is 9.68. The summed E-state index contributed by atoms with van der Waals surface area (Å²) >= 11 is 0. The Kier molecular flexibility index (Phi) is 4.85. The molecule has 3 aliphatic heterocycles. The van der Waals surface area contributed by atoms with Gasteiger partial charge in [-0.25, -0.2) is 9.59 Å². The number of nitrogens with zero attached hydrogens (tertiary/aromatic N) is 2. The number of allylic oxidation sites excluding steroid dienone is 1. The van der Waals surface area contributed by atoms with Gasteiger partial charge in [-0.2, -0.15) is 0 Å². The van der Waals surface area contributed by atoms with Crippen molar-refractivity contribution < 1.29 is 20.9 Å². The lowest BCUT2D eigenvalue weighted by atomic mass is 9.74. The van der Waals surface area contributed by atoms with E-state index < -0.39 is 5.97 Å². The predicted molar refractivity (Wildman–Crippen MR) is 115 cm³/mol. The van der Waals surface area contributed by atoms with Gasteiger partial charge in [-0.1, -0.05) is 30.3 Å². The number of hydrogen-bond acceptors (Lipinski definition) is 4. The maximum absolute atomic E-state index is 12.4. The SMILES string of the molecule is CCOC(=O)N1C2CCC1CC(N1CCC3(C=C(C(=O)O)c4ccccc43)CC1)C2.[HH]. The quantitative estimate of drug-likeness (QED) is 0.815. The van der Waals surface area contributed by atoms with Crippen molar-refractivity contribution in [2.24, 2.45) is 0 Å². The molecule has 0 radical (unpaired) electrons. The van der Waals surface area contributed by atoms with E-state index >= 15 is 0 Å². The minimum Gasteiger partial charge on any atom is -0.478 e. The molecule has 3 fully saturated rings. The van der Waals surface area contributed by atoms with Crippen LogP contribution in [0.4, 0.5) is 4.79 Å². The first-order valence-corrected chi connectivity index (χ1v) is 11.3. The smallest absolute Gasteiger partial charge is 0.410 e. The van der Waals surface area contributed by atoms with Crippen molar-refractivity contribution in [1.82, 2.24) is 9.80 Å². The number of carbonyl (C=O) groups is 2. The van der Waals surface area contributed by atoms with Gasteiger partial charge in [0.05, 0.1) is 12.2 Å². The third-order valence-electron chi connectivity index (χ3n) is 7.80. The molecule has 1 aromatic rings. The average Bonchev–Trinajstić information content (AvgIpc) is 3.21. The van der Waals surface area contributed by atoms with Crippen LogP contribution >= 0.6 is 0 Å². The molecule has 6 heteroatoms. The zero-order valence-corrected chi connectivity index (χ0v) is 17.5. The molecule has 4 aliphatic rings. The lowest BCUT2D eigenvalue weighted by molar-refractivity contribution is -0.130. The summed E-state index contributed by atoms with van der Waals surface area (Å²) in [5.74, 6) is -0.829. The Hall–Kier alpha value is -2.34. The van der Waals surface area contributed by atoms with Crippen LogP contribution in [0.25, 0.3) is 5.57 Å². The Labute approximate surface area is 179 Å². The van der Waals surface area contributed by atoms with Crippen molar-refractivity contribution in [3.63, 3.8) is 0 Å². The summed E-state index contributed by atoms with van der Waals surface area (Å²) in [5.41, 5.74) is 2.38. The molecular formula is C24H32N2O4. The number of carboxylic acid groups (broad SMARTS) is 1. The Morgan fingerprint density at radius 2 is 1.80 bits per heavy atom. The zero-order chi connectivity index (χ0) is 20.9. The Morgan fingerprint density at radius 1 is 1.13 bits per heavy atom. The molecule has 0 saturated carbocycles. The Balaban J connectivity index is 0.00000231. The molecule has 1 N–H and O–H groups in total. The largest absolute Gasteiger partial charge is 0.478 e. The van der Waals surface area contributed by atoms with Crippen LogP contribution in [0.15, 0.2) is 30.3 Å². The van der Waals surface area contributed by atoms with Gasteiger partial charge in [0.25, 0.3) is 0 Å². The van der Waals surface area contributed by atoms with Crippen molar-refractivity contribution in [3.05, 3.63) is 41.5 Å². The third kappa shape index (κ3) is 3.04. The number of carboxylic acids is 1. The van der Waals surface area contributed by atoms with Gasteiger partial charge in [0.2, 0.25) is 0 Å². The summed E-state index contributed by atoms with van der Waals surface area (Å²) in [7, 11) is 0. The van der Waals surface area contributed by atoms with E-state index in [4.69, 9.17) is 4.74 Å². The highest BCUT2D eigenvalue weighted by atomic mass is 16.6. The van der Waals surface area contributed by atoms with Crippen molar-refractivity contribution in [1.29, 1.82) is 0 Å². The fraction of sp³-hybridized carbons (Fsp3) is 0.583. The number of aliphatic carboxylic acids is 1. The summed E-state index contributed by atoms with van der Waals surface area (Å²) in [6.45, 7) is 4.24. The lowest BCUT2D eigenvalue weighted by Gasteiger charge is -2.47. The van der Waals surface area contributed by atoms with E-state index in [2.05, 4.69) is 11.0 Å². The third-order valence-corrected chi connectivity index (χ3v) is 7.80. The van der Waals surface area contributed by atoms with Crippen LogP contribution in [0, 0.1) is 0 Å². The van der Waals surface area contributed by atoms with Gasteiger partial charge in [0, 0.05) is 25.0 Å². The van der Waals surface area contributed by atoms with E-state index in [0.29, 0.717) is 30.3 Å². The van der Waals surface area contributed by atoms with E-state index in [-0.39, 0.29) is 12.9 Å². The van der Waals surface area contributed by atoms with Crippen LogP contribution in [0.1, 0.15) is 58.0 Å². The van der Waals surface area contributed by atoms with Crippen LogP contribution in [-0.4, -0.2) is 64.8 Å². The van der Waals surface area contributed by atoms with Crippen LogP contribution in [0.5, 0.6) is 0 Å². The van der Waals surface area contributed by atoms with Crippen LogP contribution in [0.2, 0.25) is 0 Å². The van der Waals surface area contributed by atoms with E-state index in [0.717, 1.165) is 57.2 Å². The maximum atomic E-state index is 12.4. The van der Waals surface area contributed by atoms with Gasteiger partial charge in [-0.3, -0.25) is 0 Å². The normalized spacial score (nSPS) is 29.6. The van der Waals surface area contributed by atoms with Crippen molar-refractivity contribution in [2.75, 3.05) is 19.7 Å². The summed E-state index contributed by atoms with van der Waals surface area (Å²) in [4.78, 5) is 28.7. The van der Waals surface area contributed by atoms with Gasteiger partial charge in [0.1, 0.15) is 0 Å². The zero-order valence-electron chi connectivity index (χ0n) is 17.5. The number of rotatable bonds is 3. The van der Waals surface area contributed by atoms with E-state index in [1.54, 1.807) is 0 Å². The first-order valence-electron chi connectivity index (χ1n) is 11.3. The molecule has 30 heavy (non-hydrogen) atoms. The molecule has 2 bridgehead atoms. The van der Waals surface area contributed by atoms with Gasteiger partial charge in [0.15, 0.2) is 0 Å². The molecule has 1 spiro atoms. The van der Waals surface area contributed by atoms with Crippen molar-refractivity contribution in [2.45, 2.75) is 69.0 Å². The second-order valence-corrected chi connectivity index (χ2v) is 9.22. The van der Waals surface area contributed by atoms with Crippen molar-refractivity contribution in [3.8, 4) is 0 Å². The highest BCUT2D eigenvalue weighted by Gasteiger charge is 2.48. The fourth-order valence-electron chi connectivity index (χ4n) is 6.41. The highest BCUT2D eigenvalue weighted by molar-refractivity contribution is 6.17. The van der Waals surface area contributed by atoms with Crippen LogP contribution < -0.4 is 0 Å². The molecule has 3 heterocycles. The number of fused-ring (bicyclic) bond motifs is 4. The summed E-state index contributed by atoms with van der Waals surface area (Å²) in [6.07, 6.45) is 7.98. The van der Waals surface area contributed by atoms with E-state index in [1.165, 1.54) is 5.56 Å². The number of benzene rings is 1. The minimum atomic E-state index is -0.829. The number of likely N-dealkylation sites (tertiary alicyclic amines) is 1. The fourth-order valence-corrected chi connectivity index (χ4v) is 6.41. The number of hydrogen-bond donors (Lipinski definition) is 1. The van der Waals surface area contributed by atoms with E-state index in [1.807, 2.05) is 36.1 Å². The molecule has 2 unspecified atom stereocenters. The second-order valence-electron chi connectivity index (χ2n) is 9.22. The second kappa shape index (κ2) is 7.41. The molecule has 2 atom stereocenters. The van der Waals surface area contributed by atoms with Crippen molar-refractivity contribution >= 4 is 17.6 Å². The maximum Gasteiger partial charge on any atom is 0.410 e. The molecule has 162 valence electrons. The number of amides is 1. The number of carbonyl (C=O) groups excluding carboxylic acids is 1. The molecule has 1 aliphatic carbocycles. The van der Waals surface area contributed by atoms with Gasteiger partial charge < -0.3 is 19.6 Å². The van der Waals surface area contributed by atoms with Gasteiger partial charge in [-0.15, -0.1) is 0 Å². The number of ether oxygens (including phenoxy) is 1. The Bertz CT molecular complexity index is 879. The number of piperidine rings is 2. The molecule has 1 amide bonds. The van der Waals surface area contributed by atoms with E-state index in [9.17, 15) is 14.7 Å². The summed E-state index contributed by atoms with van der Waals surface area (Å²) in [6, 6.07) is 9.11. The summed E-state index contributed by atoms with van der Waals surface area (Å²) < 4.78 is 5.29. The molecular weight excluding hydrogens is 380 g/mol. The molecule has 5 rings (SSSR count). The molecule has 3 saturated heterocycles. The lowest BCUT2D eigenvalue weighted by Crippen LogP contribution is -2.55. The topological polar surface area (TPSA) is 70.1 Å². The average molecular weight is 413 g/mol. The molecule has 6 nitrogen and oxygen atoms in total. The van der Waals surface area contributed by atoms with Crippen LogP contribution in [0.3, 0.4) is 0 Å². The van der Waals surface area contributed by atoms with Gasteiger partial charge in [-0.05, 0) is 69.7 Å². The Morgan fingerprint density at radius 3 is 2.43 bits per heavy atom. The molecule has 0 aromatic heterocycles.